The Balaban J connectivity index is 1.18. The first kappa shape index (κ1) is 21.6. The molecule has 0 bridgehead atoms. The first-order valence-corrected chi connectivity index (χ1v) is 11.2. The van der Waals surface area contributed by atoms with E-state index in [1.54, 1.807) is 18.2 Å². The molecule has 2 aliphatic heterocycles. The van der Waals surface area contributed by atoms with Crippen molar-refractivity contribution >= 4 is 5.91 Å². The van der Waals surface area contributed by atoms with Crippen LogP contribution in [0.1, 0.15) is 31.2 Å². The van der Waals surface area contributed by atoms with E-state index in [0.717, 1.165) is 63.2 Å². The Morgan fingerprint density at radius 2 is 1.74 bits per heavy atom. The van der Waals surface area contributed by atoms with Gasteiger partial charge in [0, 0.05) is 32.2 Å². The maximum absolute atomic E-state index is 13.8. The molecule has 0 spiro atoms. The molecule has 2 heterocycles. The number of nitrogens with zero attached hydrogens (tertiary/aromatic N) is 2. The highest BCUT2D eigenvalue weighted by Crippen LogP contribution is 2.25. The molecule has 0 radical (unpaired) electrons. The van der Waals surface area contributed by atoms with Gasteiger partial charge in [0.15, 0.2) is 18.2 Å². The predicted molar refractivity (Wildman–Crippen MR) is 118 cm³/mol. The Bertz CT molecular complexity index is 875. The molecule has 0 aromatic heterocycles. The second kappa shape index (κ2) is 10.1. The van der Waals surface area contributed by atoms with Crippen molar-refractivity contribution in [2.24, 2.45) is 0 Å². The molecule has 1 amide bonds. The van der Waals surface area contributed by atoms with Crippen LogP contribution in [0.15, 0.2) is 48.5 Å². The molecule has 0 unspecified atom stereocenters. The largest absolute Gasteiger partial charge is 0.487 e. The SMILES string of the molecule is Cc1cccc(OCC(=O)N2CCC(N3CCC(Oc4ccccc4F)CC3)CC2)c1. The van der Waals surface area contributed by atoms with Gasteiger partial charge in [-0.25, -0.2) is 4.39 Å². The molecule has 0 saturated carbocycles. The summed E-state index contributed by atoms with van der Waals surface area (Å²) in [6.45, 7) is 5.54. The van der Waals surface area contributed by atoms with Gasteiger partial charge in [0.2, 0.25) is 0 Å². The predicted octanol–water partition coefficient (Wildman–Crippen LogP) is 4.05. The highest BCUT2D eigenvalue weighted by molar-refractivity contribution is 5.77. The number of aryl methyl sites for hydroxylation is 1. The Morgan fingerprint density at radius 1 is 1.00 bits per heavy atom. The fourth-order valence-corrected chi connectivity index (χ4v) is 4.50. The van der Waals surface area contributed by atoms with Gasteiger partial charge in [0.05, 0.1) is 0 Å². The highest BCUT2D eigenvalue weighted by Gasteiger charge is 2.30. The third-order valence-electron chi connectivity index (χ3n) is 6.29. The van der Waals surface area contributed by atoms with Crippen LogP contribution in [0.3, 0.4) is 0 Å². The summed E-state index contributed by atoms with van der Waals surface area (Å²) in [5, 5.41) is 0. The number of carbonyl (C=O) groups excluding carboxylic acids is 1. The van der Waals surface area contributed by atoms with Crippen molar-refractivity contribution in [1.29, 1.82) is 0 Å². The number of ether oxygens (including phenoxy) is 2. The van der Waals surface area contributed by atoms with Crippen LogP contribution < -0.4 is 9.47 Å². The summed E-state index contributed by atoms with van der Waals surface area (Å²) in [6.07, 6.45) is 3.83. The molecule has 2 saturated heterocycles. The van der Waals surface area contributed by atoms with Crippen molar-refractivity contribution in [2.75, 3.05) is 32.8 Å². The van der Waals surface area contributed by atoms with E-state index in [-0.39, 0.29) is 24.4 Å². The standard InChI is InChI=1S/C25H31FN2O3/c1-19-5-4-6-22(17-19)30-18-25(29)28-13-9-20(10-14-28)27-15-11-21(12-16-27)31-24-8-3-2-7-23(24)26/h2-8,17,20-21H,9-16,18H2,1H3. The Kier molecular flexibility index (Phi) is 7.07. The molecular weight excluding hydrogens is 395 g/mol. The molecular formula is C25H31FN2O3. The van der Waals surface area contributed by atoms with Gasteiger partial charge in [0.1, 0.15) is 11.9 Å². The van der Waals surface area contributed by atoms with Gasteiger partial charge in [-0.3, -0.25) is 9.69 Å². The lowest BCUT2D eigenvalue weighted by molar-refractivity contribution is -0.135. The zero-order valence-electron chi connectivity index (χ0n) is 18.1. The highest BCUT2D eigenvalue weighted by atomic mass is 19.1. The van der Waals surface area contributed by atoms with Crippen LogP contribution in [0.5, 0.6) is 11.5 Å². The van der Waals surface area contributed by atoms with Crippen molar-refractivity contribution < 1.29 is 18.7 Å². The fraction of sp³-hybridized carbons (Fsp3) is 0.480. The van der Waals surface area contributed by atoms with Crippen molar-refractivity contribution in [2.45, 2.75) is 44.8 Å². The van der Waals surface area contributed by atoms with Crippen molar-refractivity contribution in [3.05, 3.63) is 59.9 Å². The summed E-state index contributed by atoms with van der Waals surface area (Å²) in [5.74, 6) is 0.842. The van der Waals surface area contributed by atoms with E-state index in [9.17, 15) is 9.18 Å². The average Bonchev–Trinajstić information content (AvgIpc) is 2.80. The second-order valence-corrected chi connectivity index (χ2v) is 8.50. The van der Waals surface area contributed by atoms with Crippen LogP contribution in [-0.4, -0.2) is 60.6 Å². The molecule has 6 heteroatoms. The van der Waals surface area contributed by atoms with Crippen LogP contribution in [0.2, 0.25) is 0 Å². The summed E-state index contributed by atoms with van der Waals surface area (Å²) in [7, 11) is 0. The number of rotatable bonds is 6. The lowest BCUT2D eigenvalue weighted by Gasteiger charge is -2.41. The zero-order valence-corrected chi connectivity index (χ0v) is 18.1. The number of hydrogen-bond acceptors (Lipinski definition) is 4. The third kappa shape index (κ3) is 5.76. The second-order valence-electron chi connectivity index (χ2n) is 8.50. The maximum atomic E-state index is 13.8. The molecule has 0 N–H and O–H groups in total. The Labute approximate surface area is 183 Å². The Hall–Kier alpha value is -2.60. The minimum Gasteiger partial charge on any atom is -0.487 e. The van der Waals surface area contributed by atoms with Gasteiger partial charge in [0.25, 0.3) is 5.91 Å². The monoisotopic (exact) mass is 426 g/mol. The minimum absolute atomic E-state index is 0.0527. The Morgan fingerprint density at radius 3 is 2.45 bits per heavy atom. The van der Waals surface area contributed by atoms with Crippen LogP contribution in [0.4, 0.5) is 4.39 Å². The molecule has 166 valence electrons. The van der Waals surface area contributed by atoms with E-state index in [0.29, 0.717) is 11.8 Å². The topological polar surface area (TPSA) is 42.0 Å². The van der Waals surface area contributed by atoms with Crippen LogP contribution in [0, 0.1) is 12.7 Å². The lowest BCUT2D eigenvalue weighted by Crippen LogP contribution is -2.50. The smallest absolute Gasteiger partial charge is 0.260 e. The minimum atomic E-state index is -0.298. The fourth-order valence-electron chi connectivity index (χ4n) is 4.50. The number of benzene rings is 2. The molecule has 0 atom stereocenters. The van der Waals surface area contributed by atoms with Gasteiger partial charge >= 0.3 is 0 Å². The summed E-state index contributed by atoms with van der Waals surface area (Å²) < 4.78 is 25.4. The van der Waals surface area contributed by atoms with Gasteiger partial charge in [-0.2, -0.15) is 0 Å². The lowest BCUT2D eigenvalue weighted by atomic mass is 9.99. The first-order chi connectivity index (χ1) is 15.1. The number of halogens is 1. The van der Waals surface area contributed by atoms with E-state index in [2.05, 4.69) is 4.90 Å². The molecule has 0 aliphatic carbocycles. The molecule has 31 heavy (non-hydrogen) atoms. The summed E-state index contributed by atoms with van der Waals surface area (Å²) >= 11 is 0. The van der Waals surface area contributed by atoms with Crippen LogP contribution >= 0.6 is 0 Å². The van der Waals surface area contributed by atoms with Crippen molar-refractivity contribution in [3.63, 3.8) is 0 Å². The van der Waals surface area contributed by atoms with Crippen molar-refractivity contribution in [1.82, 2.24) is 9.80 Å². The van der Waals surface area contributed by atoms with E-state index in [1.165, 1.54) is 6.07 Å². The zero-order chi connectivity index (χ0) is 21.6. The van der Waals surface area contributed by atoms with Gasteiger partial charge < -0.3 is 14.4 Å². The number of amides is 1. The average molecular weight is 427 g/mol. The van der Waals surface area contributed by atoms with E-state index < -0.39 is 0 Å². The van der Waals surface area contributed by atoms with Crippen LogP contribution in [0.25, 0.3) is 0 Å². The molecule has 2 fully saturated rings. The van der Waals surface area contributed by atoms with Crippen LogP contribution in [-0.2, 0) is 4.79 Å². The number of hydrogen-bond donors (Lipinski definition) is 0. The number of para-hydroxylation sites is 1. The van der Waals surface area contributed by atoms with E-state index >= 15 is 0 Å². The van der Waals surface area contributed by atoms with Crippen molar-refractivity contribution in [3.8, 4) is 11.5 Å². The van der Waals surface area contributed by atoms with E-state index in [1.807, 2.05) is 36.1 Å². The molecule has 4 rings (SSSR count). The molecule has 2 aliphatic rings. The first-order valence-electron chi connectivity index (χ1n) is 11.2. The quantitative estimate of drug-likeness (QED) is 0.699. The van der Waals surface area contributed by atoms with E-state index in [4.69, 9.17) is 9.47 Å². The summed E-state index contributed by atoms with van der Waals surface area (Å²) in [4.78, 5) is 16.9. The van der Waals surface area contributed by atoms with Gasteiger partial charge in [-0.1, -0.05) is 24.3 Å². The number of carbonyl (C=O) groups is 1. The maximum Gasteiger partial charge on any atom is 0.260 e. The third-order valence-corrected chi connectivity index (χ3v) is 6.29. The summed E-state index contributed by atoms with van der Waals surface area (Å²) in [6, 6.07) is 14.9. The molecule has 5 nitrogen and oxygen atoms in total. The van der Waals surface area contributed by atoms with Gasteiger partial charge in [-0.15, -0.1) is 0 Å². The summed E-state index contributed by atoms with van der Waals surface area (Å²) in [5.41, 5.74) is 1.12. The number of likely N-dealkylation sites (tertiary alicyclic amines) is 2. The molecule has 2 aromatic rings. The molecule has 2 aromatic carbocycles. The number of piperidine rings is 2. The van der Waals surface area contributed by atoms with Gasteiger partial charge in [-0.05, 0) is 62.4 Å². The normalized spacial score (nSPS) is 18.7.